The average molecular weight is 284 g/mol. The Labute approximate surface area is 122 Å². The van der Waals surface area contributed by atoms with Crippen LogP contribution < -0.4 is 5.32 Å². The normalized spacial score (nSPS) is 12.7. The zero-order valence-electron chi connectivity index (χ0n) is 11.3. The van der Waals surface area contributed by atoms with Crippen LogP contribution in [0.5, 0.6) is 0 Å². The van der Waals surface area contributed by atoms with Crippen LogP contribution in [0.25, 0.3) is 10.8 Å². The first-order valence-corrected chi connectivity index (χ1v) is 7.56. The summed E-state index contributed by atoms with van der Waals surface area (Å²) in [5.74, 6) is 0. The van der Waals surface area contributed by atoms with Crippen LogP contribution >= 0.6 is 11.5 Å². The van der Waals surface area contributed by atoms with Crippen molar-refractivity contribution in [3.63, 3.8) is 0 Å². The van der Waals surface area contributed by atoms with Crippen molar-refractivity contribution in [3.05, 3.63) is 53.3 Å². The lowest BCUT2D eigenvalue weighted by Crippen LogP contribution is -2.23. The molecule has 0 aliphatic rings. The molecule has 3 rings (SSSR count). The van der Waals surface area contributed by atoms with Gasteiger partial charge in [-0.1, -0.05) is 29.6 Å². The maximum Gasteiger partial charge on any atom is 0.0970 e. The maximum absolute atomic E-state index is 4.26. The van der Waals surface area contributed by atoms with Crippen molar-refractivity contribution >= 4 is 22.3 Å². The van der Waals surface area contributed by atoms with Crippen LogP contribution in [0.1, 0.15) is 30.6 Å². The third-order valence-electron chi connectivity index (χ3n) is 3.30. The van der Waals surface area contributed by atoms with Gasteiger partial charge in [-0.05, 0) is 41.5 Å². The Bertz CT molecular complexity index is 676. The molecule has 0 bridgehead atoms. The van der Waals surface area contributed by atoms with Crippen LogP contribution in [-0.4, -0.2) is 21.1 Å². The minimum absolute atomic E-state index is 0.0709. The Morgan fingerprint density at radius 1 is 1.30 bits per heavy atom. The van der Waals surface area contributed by atoms with Gasteiger partial charge in [-0.25, -0.2) is 0 Å². The zero-order valence-corrected chi connectivity index (χ0v) is 12.1. The molecule has 2 aromatic heterocycles. The summed E-state index contributed by atoms with van der Waals surface area (Å²) < 4.78 is 3.99. The molecule has 1 unspecified atom stereocenters. The van der Waals surface area contributed by atoms with Crippen molar-refractivity contribution in [1.29, 1.82) is 0 Å². The summed E-state index contributed by atoms with van der Waals surface area (Å²) in [5, 5.41) is 12.2. The predicted octanol–water partition coefficient (Wildman–Crippen LogP) is 3.18. The lowest BCUT2D eigenvalue weighted by Gasteiger charge is -2.18. The van der Waals surface area contributed by atoms with Gasteiger partial charge in [0.05, 0.1) is 11.7 Å². The van der Waals surface area contributed by atoms with Crippen molar-refractivity contribution in [2.45, 2.75) is 19.4 Å². The lowest BCUT2D eigenvalue weighted by molar-refractivity contribution is 0.588. The first kappa shape index (κ1) is 13.1. The molecule has 0 saturated heterocycles. The Morgan fingerprint density at radius 3 is 3.05 bits per heavy atom. The molecule has 0 amide bonds. The minimum atomic E-state index is 0.0709. The van der Waals surface area contributed by atoms with Crippen molar-refractivity contribution in [3.8, 4) is 0 Å². The summed E-state index contributed by atoms with van der Waals surface area (Å²) in [7, 11) is 0. The van der Waals surface area contributed by atoms with Crippen molar-refractivity contribution < 1.29 is 0 Å². The summed E-state index contributed by atoms with van der Waals surface area (Å²) in [6, 6.07) is 8.43. The fraction of sp³-hybridized carbons (Fsp3) is 0.267. The van der Waals surface area contributed by atoms with Crippen LogP contribution in [-0.2, 0) is 0 Å². The van der Waals surface area contributed by atoms with E-state index in [-0.39, 0.29) is 6.04 Å². The van der Waals surface area contributed by atoms with Crippen LogP contribution in [0.2, 0.25) is 0 Å². The number of hydrogen-bond acceptors (Lipinski definition) is 5. The molecule has 20 heavy (non-hydrogen) atoms. The highest BCUT2D eigenvalue weighted by atomic mass is 32.1. The van der Waals surface area contributed by atoms with Gasteiger partial charge in [0.2, 0.25) is 0 Å². The van der Waals surface area contributed by atoms with Gasteiger partial charge in [0.1, 0.15) is 0 Å². The molecule has 0 radical (unpaired) electrons. The van der Waals surface area contributed by atoms with Crippen LogP contribution in [0, 0.1) is 0 Å². The predicted molar refractivity (Wildman–Crippen MR) is 81.8 cm³/mol. The first-order valence-electron chi connectivity index (χ1n) is 6.73. The number of aromatic nitrogens is 3. The highest BCUT2D eigenvalue weighted by Crippen LogP contribution is 2.27. The number of rotatable bonds is 5. The Morgan fingerprint density at radius 2 is 2.25 bits per heavy atom. The van der Waals surface area contributed by atoms with E-state index in [4.69, 9.17) is 0 Å². The zero-order chi connectivity index (χ0) is 13.8. The van der Waals surface area contributed by atoms with E-state index in [9.17, 15) is 0 Å². The second-order valence-electron chi connectivity index (χ2n) is 4.66. The largest absolute Gasteiger partial charge is 0.305 e. The van der Waals surface area contributed by atoms with Crippen LogP contribution in [0.15, 0.2) is 42.0 Å². The number of fused-ring (bicyclic) bond motifs is 1. The second-order valence-corrected chi connectivity index (χ2v) is 5.27. The number of hydrogen-bond donors (Lipinski definition) is 1. The summed E-state index contributed by atoms with van der Waals surface area (Å²) in [5.41, 5.74) is 2.18. The van der Waals surface area contributed by atoms with Gasteiger partial charge < -0.3 is 5.32 Å². The molecular weight excluding hydrogens is 268 g/mol. The molecule has 0 aliphatic carbocycles. The number of pyridine rings is 1. The molecule has 0 aliphatic heterocycles. The molecular formula is C15H16N4S. The SMILES string of the molecule is CCCNC(c1csnn1)c1cccc2ccncc12. The van der Waals surface area contributed by atoms with Gasteiger partial charge in [-0.15, -0.1) is 5.10 Å². The van der Waals surface area contributed by atoms with E-state index < -0.39 is 0 Å². The van der Waals surface area contributed by atoms with E-state index in [1.807, 2.05) is 23.8 Å². The smallest absolute Gasteiger partial charge is 0.0970 e. The minimum Gasteiger partial charge on any atom is -0.305 e. The standard InChI is InChI=1S/C15H16N4S/c1-2-7-17-15(14-10-20-19-18-14)12-5-3-4-11-6-8-16-9-13(11)12/h3-6,8-10,15,17H,2,7H2,1H3. The van der Waals surface area contributed by atoms with E-state index in [0.29, 0.717) is 0 Å². The van der Waals surface area contributed by atoms with Crippen molar-refractivity contribution in [2.75, 3.05) is 6.54 Å². The Hall–Kier alpha value is -1.85. The van der Waals surface area contributed by atoms with Gasteiger partial charge in [0.25, 0.3) is 0 Å². The van der Waals surface area contributed by atoms with Gasteiger partial charge in [-0.3, -0.25) is 4.98 Å². The molecule has 1 N–H and O–H groups in total. The highest BCUT2D eigenvalue weighted by molar-refractivity contribution is 7.03. The van der Waals surface area contributed by atoms with E-state index in [2.05, 4.69) is 45.0 Å². The van der Waals surface area contributed by atoms with Crippen molar-refractivity contribution in [1.82, 2.24) is 19.9 Å². The first-order chi connectivity index (χ1) is 9.90. The molecule has 0 saturated carbocycles. The molecule has 1 aromatic carbocycles. The monoisotopic (exact) mass is 284 g/mol. The molecule has 0 spiro atoms. The quantitative estimate of drug-likeness (QED) is 0.782. The van der Waals surface area contributed by atoms with Crippen LogP contribution in [0.3, 0.4) is 0 Å². The van der Waals surface area contributed by atoms with Gasteiger partial charge in [0.15, 0.2) is 0 Å². The maximum atomic E-state index is 4.26. The van der Waals surface area contributed by atoms with Gasteiger partial charge in [0, 0.05) is 23.2 Å². The fourth-order valence-corrected chi connectivity index (χ4v) is 2.83. The van der Waals surface area contributed by atoms with Crippen molar-refractivity contribution in [2.24, 2.45) is 0 Å². The number of benzene rings is 1. The molecule has 5 heteroatoms. The van der Waals surface area contributed by atoms with E-state index in [0.717, 1.165) is 24.0 Å². The average Bonchev–Trinajstić information content (AvgIpc) is 3.02. The van der Waals surface area contributed by atoms with Gasteiger partial charge in [-0.2, -0.15) is 0 Å². The lowest BCUT2D eigenvalue weighted by atomic mass is 9.98. The molecule has 4 nitrogen and oxygen atoms in total. The summed E-state index contributed by atoms with van der Waals surface area (Å²) in [4.78, 5) is 4.26. The third-order valence-corrected chi connectivity index (χ3v) is 3.82. The number of nitrogens with one attached hydrogen (secondary N) is 1. The van der Waals surface area contributed by atoms with Gasteiger partial charge >= 0.3 is 0 Å². The summed E-state index contributed by atoms with van der Waals surface area (Å²) >= 11 is 1.38. The number of nitrogens with zero attached hydrogens (tertiary/aromatic N) is 3. The molecule has 0 fully saturated rings. The topological polar surface area (TPSA) is 50.7 Å². The third kappa shape index (κ3) is 2.55. The fourth-order valence-electron chi connectivity index (χ4n) is 2.35. The summed E-state index contributed by atoms with van der Waals surface area (Å²) in [6.07, 6.45) is 4.83. The Balaban J connectivity index is 2.09. The van der Waals surface area contributed by atoms with Crippen LogP contribution in [0.4, 0.5) is 0 Å². The van der Waals surface area contributed by atoms with E-state index >= 15 is 0 Å². The molecule has 2 heterocycles. The molecule has 102 valence electrons. The van der Waals surface area contributed by atoms with E-state index in [1.54, 1.807) is 0 Å². The highest BCUT2D eigenvalue weighted by Gasteiger charge is 2.18. The Kier molecular flexibility index (Phi) is 3.99. The molecule has 1 atom stereocenters. The molecule has 3 aromatic rings. The summed E-state index contributed by atoms with van der Waals surface area (Å²) in [6.45, 7) is 3.10. The second kappa shape index (κ2) is 6.07. The van der Waals surface area contributed by atoms with E-state index in [1.165, 1.54) is 22.5 Å².